The summed E-state index contributed by atoms with van der Waals surface area (Å²) in [5, 5.41) is 26.1. The van der Waals surface area contributed by atoms with Gasteiger partial charge in [0.1, 0.15) is 12.0 Å². The molecule has 2 unspecified atom stereocenters. The Balaban J connectivity index is 1.54. The summed E-state index contributed by atoms with van der Waals surface area (Å²) in [5.74, 6) is 0.745. The lowest BCUT2D eigenvalue weighted by atomic mass is 9.77. The van der Waals surface area contributed by atoms with E-state index in [1.165, 1.54) is 0 Å². The normalized spacial score (nSPS) is 21.5. The third-order valence-electron chi connectivity index (χ3n) is 6.55. The van der Waals surface area contributed by atoms with Gasteiger partial charge in [-0.25, -0.2) is 0 Å². The lowest BCUT2D eigenvalue weighted by Crippen LogP contribution is -2.37. The molecular weight excluding hydrogens is 483 g/mol. The Hall–Kier alpha value is -1.50. The summed E-state index contributed by atoms with van der Waals surface area (Å²) in [6.07, 6.45) is 2.31. The van der Waals surface area contributed by atoms with E-state index in [-0.39, 0.29) is 11.3 Å². The van der Waals surface area contributed by atoms with Gasteiger partial charge in [0.25, 0.3) is 0 Å². The van der Waals surface area contributed by atoms with Gasteiger partial charge in [-0.1, -0.05) is 63.0 Å². The Morgan fingerprint density at radius 3 is 2.46 bits per heavy atom. The van der Waals surface area contributed by atoms with Crippen molar-refractivity contribution < 1.29 is 14.9 Å². The number of aliphatic hydroxyl groups excluding tert-OH is 1. The summed E-state index contributed by atoms with van der Waals surface area (Å²) in [7, 11) is 0. The average molecular weight is 524 g/mol. The number of nitrogens with one attached hydrogen (secondary N) is 1. The third kappa shape index (κ3) is 8.83. The third-order valence-corrected chi connectivity index (χ3v) is 7.04. The van der Waals surface area contributed by atoms with Gasteiger partial charge in [-0.2, -0.15) is 0 Å². The number of benzene rings is 2. The maximum Gasteiger partial charge on any atom is 0.142 e. The fraction of sp³-hybridized carbons (Fsp3) is 0.571. The van der Waals surface area contributed by atoms with Gasteiger partial charge >= 0.3 is 0 Å². The minimum atomic E-state index is -0.732. The molecular formula is C28H40Cl2N2O3. The lowest BCUT2D eigenvalue weighted by molar-refractivity contribution is 0.00287. The molecule has 0 amide bonds. The van der Waals surface area contributed by atoms with E-state index in [4.69, 9.17) is 27.9 Å². The van der Waals surface area contributed by atoms with Crippen LogP contribution in [0.5, 0.6) is 5.75 Å². The highest BCUT2D eigenvalue weighted by Gasteiger charge is 2.38. The highest BCUT2D eigenvalue weighted by Crippen LogP contribution is 2.37. The van der Waals surface area contributed by atoms with E-state index in [1.54, 1.807) is 12.1 Å². The SMILES string of the molecule is CC(C)C(O)Nc1cc(Cl)ccc1OCCCN1CCC(O)(Cc2ccc(Cl)cc2)CC(C)(C)C1. The van der Waals surface area contributed by atoms with Crippen LogP contribution in [-0.2, 0) is 6.42 Å². The van der Waals surface area contributed by atoms with Crippen molar-refractivity contribution in [2.24, 2.45) is 11.3 Å². The van der Waals surface area contributed by atoms with E-state index in [2.05, 4.69) is 24.1 Å². The van der Waals surface area contributed by atoms with Crippen LogP contribution in [0.3, 0.4) is 0 Å². The van der Waals surface area contributed by atoms with Crippen LogP contribution in [0.2, 0.25) is 10.0 Å². The molecule has 0 bridgehead atoms. The van der Waals surface area contributed by atoms with Gasteiger partial charge in [0.2, 0.25) is 0 Å². The quantitative estimate of drug-likeness (QED) is 0.254. The number of nitrogens with zero attached hydrogens (tertiary/aromatic N) is 1. The van der Waals surface area contributed by atoms with Crippen molar-refractivity contribution in [3.63, 3.8) is 0 Å². The van der Waals surface area contributed by atoms with Gasteiger partial charge in [-0.3, -0.25) is 0 Å². The fourth-order valence-electron chi connectivity index (χ4n) is 4.95. The Morgan fingerprint density at radius 2 is 1.77 bits per heavy atom. The van der Waals surface area contributed by atoms with Crippen LogP contribution in [0.15, 0.2) is 42.5 Å². The van der Waals surface area contributed by atoms with E-state index in [0.717, 1.165) is 44.5 Å². The Morgan fingerprint density at radius 1 is 1.09 bits per heavy atom. The van der Waals surface area contributed by atoms with Crippen molar-refractivity contribution in [3.8, 4) is 5.75 Å². The van der Waals surface area contributed by atoms with Crippen molar-refractivity contribution in [1.29, 1.82) is 0 Å². The van der Waals surface area contributed by atoms with Crippen molar-refractivity contribution >= 4 is 28.9 Å². The maximum absolute atomic E-state index is 11.5. The Kier molecular flexibility index (Phi) is 9.75. The number of rotatable bonds is 10. The molecule has 0 radical (unpaired) electrons. The van der Waals surface area contributed by atoms with E-state index in [1.807, 2.05) is 44.2 Å². The number of likely N-dealkylation sites (tertiary alicyclic amines) is 1. The van der Waals surface area contributed by atoms with Gasteiger partial charge < -0.3 is 25.2 Å². The van der Waals surface area contributed by atoms with E-state index >= 15 is 0 Å². The highest BCUT2D eigenvalue weighted by atomic mass is 35.5. The Labute approximate surface area is 220 Å². The maximum atomic E-state index is 11.5. The van der Waals surface area contributed by atoms with Gasteiger partial charge in [-0.05, 0) is 66.5 Å². The van der Waals surface area contributed by atoms with Crippen LogP contribution in [-0.4, -0.2) is 53.2 Å². The molecule has 3 N–H and O–H groups in total. The summed E-state index contributed by atoms with van der Waals surface area (Å²) in [5.41, 5.74) is 1.08. The van der Waals surface area contributed by atoms with Gasteiger partial charge in [0, 0.05) is 36.1 Å². The molecule has 1 saturated heterocycles. The molecule has 194 valence electrons. The average Bonchev–Trinajstić information content (AvgIpc) is 2.88. The summed E-state index contributed by atoms with van der Waals surface area (Å²) < 4.78 is 6.06. The van der Waals surface area contributed by atoms with Crippen molar-refractivity contribution in [1.82, 2.24) is 4.90 Å². The van der Waals surface area contributed by atoms with Crippen LogP contribution < -0.4 is 10.1 Å². The fourth-order valence-corrected chi connectivity index (χ4v) is 5.24. The van der Waals surface area contributed by atoms with Crippen LogP contribution in [0, 0.1) is 11.3 Å². The van der Waals surface area contributed by atoms with Crippen LogP contribution in [0.25, 0.3) is 0 Å². The standard InChI is InChI=1S/C28H40Cl2N2O3/c1-20(2)26(33)31-24-16-23(30)10-11-25(24)35-15-5-13-32-14-12-28(34,18-27(3,4)19-32)17-21-6-8-22(29)9-7-21/h6-11,16,20,26,31,33-34H,5,12-15,17-19H2,1-4H3. The molecule has 1 fully saturated rings. The number of anilines is 1. The van der Waals surface area contributed by atoms with Crippen LogP contribution in [0.1, 0.15) is 52.5 Å². The second kappa shape index (κ2) is 12.2. The van der Waals surface area contributed by atoms with Gasteiger partial charge in [-0.15, -0.1) is 0 Å². The molecule has 0 aliphatic carbocycles. The molecule has 2 aromatic rings. The Bertz CT molecular complexity index is 952. The molecule has 2 atom stereocenters. The first kappa shape index (κ1) is 28.1. The minimum absolute atomic E-state index is 0.00120. The predicted molar refractivity (Wildman–Crippen MR) is 146 cm³/mol. The molecule has 1 heterocycles. The first-order valence-electron chi connectivity index (χ1n) is 12.5. The second-order valence-corrected chi connectivity index (χ2v) is 11.9. The van der Waals surface area contributed by atoms with Crippen LogP contribution >= 0.6 is 23.2 Å². The number of halogens is 2. The zero-order valence-electron chi connectivity index (χ0n) is 21.4. The van der Waals surface area contributed by atoms with E-state index < -0.39 is 11.8 Å². The smallest absolute Gasteiger partial charge is 0.142 e. The second-order valence-electron chi connectivity index (χ2n) is 11.1. The zero-order chi connectivity index (χ0) is 25.6. The molecule has 2 aromatic carbocycles. The predicted octanol–water partition coefficient (Wildman–Crippen LogP) is 6.24. The van der Waals surface area contributed by atoms with Crippen molar-refractivity contribution in [2.45, 2.75) is 65.2 Å². The summed E-state index contributed by atoms with van der Waals surface area (Å²) in [4.78, 5) is 2.44. The number of aliphatic hydroxyl groups is 2. The first-order valence-corrected chi connectivity index (χ1v) is 13.3. The minimum Gasteiger partial charge on any atom is -0.491 e. The topological polar surface area (TPSA) is 65.0 Å². The van der Waals surface area contributed by atoms with E-state index in [0.29, 0.717) is 34.5 Å². The molecule has 0 spiro atoms. The number of hydrogen-bond donors (Lipinski definition) is 3. The number of ether oxygens (including phenoxy) is 1. The monoisotopic (exact) mass is 522 g/mol. The summed E-state index contributed by atoms with van der Waals surface area (Å²) in [6, 6.07) is 13.2. The lowest BCUT2D eigenvalue weighted by Gasteiger charge is -2.34. The molecule has 1 aliphatic rings. The van der Waals surface area contributed by atoms with E-state index in [9.17, 15) is 10.2 Å². The molecule has 35 heavy (non-hydrogen) atoms. The molecule has 3 rings (SSSR count). The van der Waals surface area contributed by atoms with Crippen molar-refractivity contribution in [3.05, 3.63) is 58.1 Å². The molecule has 0 saturated carbocycles. The highest BCUT2D eigenvalue weighted by molar-refractivity contribution is 6.31. The summed E-state index contributed by atoms with van der Waals surface area (Å²) in [6.45, 7) is 11.6. The van der Waals surface area contributed by atoms with Gasteiger partial charge in [0.05, 0.1) is 17.9 Å². The molecule has 1 aliphatic heterocycles. The summed E-state index contributed by atoms with van der Waals surface area (Å²) >= 11 is 12.2. The number of hydrogen-bond acceptors (Lipinski definition) is 5. The van der Waals surface area contributed by atoms with Crippen LogP contribution in [0.4, 0.5) is 5.69 Å². The molecule has 5 nitrogen and oxygen atoms in total. The zero-order valence-corrected chi connectivity index (χ0v) is 22.9. The largest absolute Gasteiger partial charge is 0.491 e. The first-order chi connectivity index (χ1) is 16.4. The molecule has 7 heteroatoms. The van der Waals surface area contributed by atoms with Crippen molar-refractivity contribution in [2.75, 3.05) is 31.6 Å². The molecule has 0 aromatic heterocycles. The van der Waals surface area contributed by atoms with Gasteiger partial charge in [0.15, 0.2) is 0 Å².